The number of rotatable bonds is 2. The number of benzene rings is 2. The number of hydrogen-bond acceptors (Lipinski definition) is 3. The molecule has 4 rings (SSSR count). The predicted octanol–water partition coefficient (Wildman–Crippen LogP) is 4.61. The third-order valence-corrected chi connectivity index (χ3v) is 4.78. The van der Waals surface area contributed by atoms with Crippen LogP contribution in [0, 0.1) is 18.6 Å². The standard InChI is InChI=1S/C22H19F2N3/c1-14-6-9-21(26-25-14)15-7-8-17-16(12-15)13-27(2)11-10-18(17)19-4-3-5-20(23)22(19)24/h3-10,12H,11,13H2,1-2H3. The number of likely N-dealkylation sites (N-methyl/N-ethyl adjacent to an activating group) is 1. The second-order valence-corrected chi connectivity index (χ2v) is 6.85. The normalized spacial score (nSPS) is 14.4. The van der Waals surface area contributed by atoms with E-state index in [0.29, 0.717) is 18.7 Å². The Morgan fingerprint density at radius 1 is 0.963 bits per heavy atom. The van der Waals surface area contributed by atoms with E-state index < -0.39 is 11.6 Å². The van der Waals surface area contributed by atoms with Gasteiger partial charge in [0.05, 0.1) is 11.4 Å². The van der Waals surface area contributed by atoms with Gasteiger partial charge in [-0.1, -0.05) is 30.3 Å². The summed E-state index contributed by atoms with van der Waals surface area (Å²) in [5.74, 6) is -1.65. The first-order valence-electron chi connectivity index (χ1n) is 8.80. The Morgan fingerprint density at radius 3 is 2.59 bits per heavy atom. The van der Waals surface area contributed by atoms with Crippen LogP contribution in [-0.4, -0.2) is 28.7 Å². The Morgan fingerprint density at radius 2 is 1.81 bits per heavy atom. The smallest absolute Gasteiger partial charge is 0.166 e. The maximum absolute atomic E-state index is 14.4. The van der Waals surface area contributed by atoms with Crippen LogP contribution in [0.5, 0.6) is 0 Å². The molecule has 2 heterocycles. The molecule has 0 saturated heterocycles. The van der Waals surface area contributed by atoms with Crippen molar-refractivity contribution in [2.75, 3.05) is 13.6 Å². The van der Waals surface area contributed by atoms with Gasteiger partial charge in [0, 0.05) is 24.2 Å². The lowest BCUT2D eigenvalue weighted by molar-refractivity contribution is 0.366. The molecule has 1 aliphatic heterocycles. The van der Waals surface area contributed by atoms with Gasteiger partial charge in [-0.2, -0.15) is 10.2 Å². The number of aromatic nitrogens is 2. The zero-order valence-corrected chi connectivity index (χ0v) is 15.2. The maximum Gasteiger partial charge on any atom is 0.166 e. The Kier molecular flexibility index (Phi) is 4.54. The molecule has 136 valence electrons. The summed E-state index contributed by atoms with van der Waals surface area (Å²) >= 11 is 0. The highest BCUT2D eigenvalue weighted by atomic mass is 19.2. The molecule has 0 saturated carbocycles. The van der Waals surface area contributed by atoms with Crippen LogP contribution in [0.15, 0.2) is 54.6 Å². The molecule has 0 aliphatic carbocycles. The van der Waals surface area contributed by atoms with Crippen molar-refractivity contribution < 1.29 is 8.78 Å². The third-order valence-electron chi connectivity index (χ3n) is 4.78. The Hall–Kier alpha value is -2.92. The van der Waals surface area contributed by atoms with Crippen molar-refractivity contribution in [3.05, 3.63) is 88.6 Å². The van der Waals surface area contributed by atoms with Crippen LogP contribution in [0.1, 0.15) is 22.4 Å². The van der Waals surface area contributed by atoms with E-state index in [9.17, 15) is 8.78 Å². The van der Waals surface area contributed by atoms with E-state index in [1.165, 1.54) is 0 Å². The molecular formula is C22H19F2N3. The van der Waals surface area contributed by atoms with Crippen LogP contribution < -0.4 is 0 Å². The summed E-state index contributed by atoms with van der Waals surface area (Å²) in [7, 11) is 2.00. The maximum atomic E-state index is 14.4. The fourth-order valence-electron chi connectivity index (χ4n) is 3.38. The molecule has 0 radical (unpaired) electrons. The minimum atomic E-state index is -0.834. The average Bonchev–Trinajstić information content (AvgIpc) is 2.82. The highest BCUT2D eigenvalue weighted by Gasteiger charge is 2.20. The fourth-order valence-corrected chi connectivity index (χ4v) is 3.38. The second kappa shape index (κ2) is 7.00. The summed E-state index contributed by atoms with van der Waals surface area (Å²) in [5.41, 5.74) is 5.56. The van der Waals surface area contributed by atoms with Crippen molar-refractivity contribution in [3.63, 3.8) is 0 Å². The van der Waals surface area contributed by atoms with Gasteiger partial charge in [0.2, 0.25) is 0 Å². The zero-order chi connectivity index (χ0) is 19.0. The molecule has 0 bridgehead atoms. The van der Waals surface area contributed by atoms with E-state index in [2.05, 4.69) is 21.2 Å². The van der Waals surface area contributed by atoms with Crippen molar-refractivity contribution >= 4 is 5.57 Å². The molecule has 3 nitrogen and oxygen atoms in total. The van der Waals surface area contributed by atoms with Crippen LogP contribution >= 0.6 is 0 Å². The zero-order valence-electron chi connectivity index (χ0n) is 15.2. The van der Waals surface area contributed by atoms with Gasteiger partial charge in [-0.25, -0.2) is 8.78 Å². The first-order chi connectivity index (χ1) is 13.0. The molecule has 2 aromatic carbocycles. The van der Waals surface area contributed by atoms with Crippen molar-refractivity contribution in [1.82, 2.24) is 15.1 Å². The summed E-state index contributed by atoms with van der Waals surface area (Å²) in [4.78, 5) is 2.13. The molecule has 0 N–H and O–H groups in total. The summed E-state index contributed by atoms with van der Waals surface area (Å²) < 4.78 is 28.2. The van der Waals surface area contributed by atoms with Gasteiger partial charge in [0.15, 0.2) is 11.6 Å². The fraction of sp³-hybridized carbons (Fsp3) is 0.182. The first-order valence-corrected chi connectivity index (χ1v) is 8.80. The molecule has 0 amide bonds. The monoisotopic (exact) mass is 363 g/mol. The van der Waals surface area contributed by atoms with Crippen LogP contribution in [0.2, 0.25) is 0 Å². The minimum Gasteiger partial charge on any atom is -0.298 e. The van der Waals surface area contributed by atoms with Gasteiger partial charge in [-0.05, 0) is 54.9 Å². The largest absolute Gasteiger partial charge is 0.298 e. The lowest BCUT2D eigenvalue weighted by Gasteiger charge is -2.15. The number of nitrogens with zero attached hydrogens (tertiary/aromatic N) is 3. The molecule has 0 atom stereocenters. The van der Waals surface area contributed by atoms with E-state index in [0.717, 1.165) is 34.1 Å². The van der Waals surface area contributed by atoms with E-state index in [-0.39, 0.29) is 5.56 Å². The van der Waals surface area contributed by atoms with Gasteiger partial charge < -0.3 is 0 Å². The van der Waals surface area contributed by atoms with E-state index in [4.69, 9.17) is 0 Å². The van der Waals surface area contributed by atoms with E-state index in [1.807, 2.05) is 44.3 Å². The molecule has 3 aromatic rings. The molecule has 1 aliphatic rings. The highest BCUT2D eigenvalue weighted by molar-refractivity contribution is 5.83. The number of aryl methyl sites for hydroxylation is 1. The van der Waals surface area contributed by atoms with Crippen LogP contribution in [-0.2, 0) is 6.54 Å². The molecule has 0 fully saturated rings. The van der Waals surface area contributed by atoms with Gasteiger partial charge in [0.1, 0.15) is 0 Å². The molecule has 5 heteroatoms. The lowest BCUT2D eigenvalue weighted by atomic mass is 9.92. The topological polar surface area (TPSA) is 29.0 Å². The summed E-state index contributed by atoms with van der Waals surface area (Å²) in [5, 5.41) is 8.38. The molecule has 0 unspecified atom stereocenters. The quantitative estimate of drug-likeness (QED) is 0.666. The number of fused-ring (bicyclic) bond motifs is 1. The van der Waals surface area contributed by atoms with Gasteiger partial charge in [-0.15, -0.1) is 0 Å². The SMILES string of the molecule is Cc1ccc(-c2ccc3c(c2)CN(C)CC=C3c2cccc(F)c2F)nn1. The molecular weight excluding hydrogens is 344 g/mol. The second-order valence-electron chi connectivity index (χ2n) is 6.85. The van der Waals surface area contributed by atoms with E-state index in [1.54, 1.807) is 12.1 Å². The van der Waals surface area contributed by atoms with Crippen LogP contribution in [0.25, 0.3) is 16.8 Å². The van der Waals surface area contributed by atoms with Crippen molar-refractivity contribution in [1.29, 1.82) is 0 Å². The minimum absolute atomic E-state index is 0.287. The van der Waals surface area contributed by atoms with Crippen molar-refractivity contribution in [2.24, 2.45) is 0 Å². The molecule has 27 heavy (non-hydrogen) atoms. The number of hydrogen-bond donors (Lipinski definition) is 0. The Labute approximate surface area is 157 Å². The van der Waals surface area contributed by atoms with Crippen molar-refractivity contribution in [3.8, 4) is 11.3 Å². The first kappa shape index (κ1) is 17.5. The van der Waals surface area contributed by atoms with Gasteiger partial charge in [-0.3, -0.25) is 4.90 Å². The average molecular weight is 363 g/mol. The summed E-state index contributed by atoms with van der Waals surface area (Å²) in [6, 6.07) is 14.1. The summed E-state index contributed by atoms with van der Waals surface area (Å²) in [6.07, 6.45) is 1.95. The molecule has 0 spiro atoms. The van der Waals surface area contributed by atoms with Crippen LogP contribution in [0.3, 0.4) is 0 Å². The molecule has 1 aromatic heterocycles. The van der Waals surface area contributed by atoms with Gasteiger partial charge >= 0.3 is 0 Å². The third kappa shape index (κ3) is 3.38. The van der Waals surface area contributed by atoms with Crippen LogP contribution in [0.4, 0.5) is 8.78 Å². The Balaban J connectivity index is 1.84. The van der Waals surface area contributed by atoms with E-state index >= 15 is 0 Å². The predicted molar refractivity (Wildman–Crippen MR) is 102 cm³/mol. The summed E-state index contributed by atoms with van der Waals surface area (Å²) in [6.45, 7) is 3.26. The Bertz CT molecular complexity index is 1030. The van der Waals surface area contributed by atoms with Crippen molar-refractivity contribution in [2.45, 2.75) is 13.5 Å². The number of halogens is 2. The van der Waals surface area contributed by atoms with Gasteiger partial charge in [0.25, 0.3) is 0 Å². The lowest BCUT2D eigenvalue weighted by Crippen LogP contribution is -2.16. The highest BCUT2D eigenvalue weighted by Crippen LogP contribution is 2.33.